The van der Waals surface area contributed by atoms with E-state index >= 15 is 0 Å². The Morgan fingerprint density at radius 3 is 1.18 bits per heavy atom. The molecule has 1 aliphatic rings. The Labute approximate surface area is 506 Å². The van der Waals surface area contributed by atoms with Gasteiger partial charge in [0.1, 0.15) is 18.8 Å². The highest BCUT2D eigenvalue weighted by atomic mass is 16.7. The van der Waals surface area contributed by atoms with Gasteiger partial charge in [0.15, 0.2) is 24.6 Å². The first-order chi connectivity index (χ1) is 40.6. The molecule has 0 spiro atoms. The van der Waals surface area contributed by atoms with Crippen molar-refractivity contribution in [3.05, 3.63) is 72.9 Å². The van der Waals surface area contributed by atoms with E-state index in [9.17, 15) is 34.5 Å². The van der Waals surface area contributed by atoms with Crippen LogP contribution < -0.4 is 0 Å². The van der Waals surface area contributed by atoms with E-state index in [-0.39, 0.29) is 25.9 Å². The number of hydrogen-bond donors (Lipinski definition) is 3. The third-order valence-electron chi connectivity index (χ3n) is 15.3. The molecule has 0 radical (unpaired) electrons. The van der Waals surface area contributed by atoms with Crippen LogP contribution in [0.4, 0.5) is 0 Å². The van der Waals surface area contributed by atoms with Crippen molar-refractivity contribution in [1.29, 1.82) is 0 Å². The number of carbonyl (C=O) groups excluding carboxylic acids is 3. The summed E-state index contributed by atoms with van der Waals surface area (Å²) < 4.78 is 28.6. The van der Waals surface area contributed by atoms with Crippen molar-refractivity contribution in [2.45, 2.75) is 340 Å². The summed E-state index contributed by atoms with van der Waals surface area (Å²) in [7, 11) is 0. The lowest BCUT2D eigenvalue weighted by atomic mass is 9.98. The van der Waals surface area contributed by atoms with Crippen LogP contribution in [-0.4, -0.2) is 89.2 Å². The molecule has 1 saturated heterocycles. The number of hydrogen-bond acceptors (Lipinski definition) is 11. The smallest absolute Gasteiger partial charge is 0.335 e. The summed E-state index contributed by atoms with van der Waals surface area (Å²) in [6.07, 6.45) is 62.8. The zero-order valence-electron chi connectivity index (χ0n) is 52.9. The third-order valence-corrected chi connectivity index (χ3v) is 15.3. The Morgan fingerprint density at radius 1 is 0.410 bits per heavy atom. The molecule has 3 N–H and O–H groups in total. The maximum atomic E-state index is 13.2. The summed E-state index contributed by atoms with van der Waals surface area (Å²) >= 11 is 0. The number of aliphatic hydroxyl groups excluding tert-OH is 2. The molecule has 1 fully saturated rings. The second-order valence-corrected chi connectivity index (χ2v) is 23.1. The summed E-state index contributed by atoms with van der Waals surface area (Å²) in [5, 5.41) is 31.6. The molecule has 1 heterocycles. The van der Waals surface area contributed by atoms with Gasteiger partial charge in [-0.3, -0.25) is 14.4 Å². The first-order valence-electron chi connectivity index (χ1n) is 33.9. The number of aliphatic carboxylic acids is 1. The number of allylic oxidation sites excluding steroid dienone is 12. The summed E-state index contributed by atoms with van der Waals surface area (Å²) in [5.41, 5.74) is 0. The van der Waals surface area contributed by atoms with E-state index in [2.05, 4.69) is 93.7 Å². The number of rotatable bonds is 58. The zero-order valence-corrected chi connectivity index (χ0v) is 52.9. The molecule has 6 atom stereocenters. The average molecular weight is 1170 g/mol. The molecule has 478 valence electrons. The average Bonchev–Trinajstić information content (AvgIpc) is 3.55. The van der Waals surface area contributed by atoms with Gasteiger partial charge in [-0.05, 0) is 89.9 Å². The molecule has 0 aromatic heterocycles. The number of carbonyl (C=O) groups is 4. The highest BCUT2D eigenvalue weighted by Gasteiger charge is 2.50. The molecule has 0 aromatic rings. The second-order valence-electron chi connectivity index (χ2n) is 23.1. The van der Waals surface area contributed by atoms with Crippen LogP contribution in [0.5, 0.6) is 0 Å². The zero-order chi connectivity index (χ0) is 60.3. The molecular formula is C71H122O12. The van der Waals surface area contributed by atoms with Gasteiger partial charge in [0.2, 0.25) is 0 Å². The Kier molecular flexibility index (Phi) is 54.4. The fourth-order valence-electron chi connectivity index (χ4n) is 10.1. The lowest BCUT2D eigenvalue weighted by Gasteiger charge is -2.40. The highest BCUT2D eigenvalue weighted by Crippen LogP contribution is 2.27. The van der Waals surface area contributed by atoms with E-state index in [0.29, 0.717) is 19.3 Å². The fraction of sp³-hybridized carbons (Fsp3) is 0.775. The van der Waals surface area contributed by atoms with Crippen LogP contribution in [0.2, 0.25) is 0 Å². The number of carboxylic acids is 1. The molecule has 83 heavy (non-hydrogen) atoms. The van der Waals surface area contributed by atoms with Crippen molar-refractivity contribution in [1.82, 2.24) is 0 Å². The Hall–Kier alpha value is -3.84. The second kappa shape index (κ2) is 58.5. The van der Waals surface area contributed by atoms with Crippen LogP contribution >= 0.6 is 0 Å². The summed E-state index contributed by atoms with van der Waals surface area (Å²) in [5.74, 6) is -3.14. The predicted molar refractivity (Wildman–Crippen MR) is 340 cm³/mol. The van der Waals surface area contributed by atoms with Crippen molar-refractivity contribution in [2.75, 3.05) is 13.2 Å². The van der Waals surface area contributed by atoms with Crippen LogP contribution in [0.25, 0.3) is 0 Å². The van der Waals surface area contributed by atoms with Gasteiger partial charge in [0.05, 0.1) is 6.61 Å². The van der Waals surface area contributed by atoms with Crippen molar-refractivity contribution in [3.8, 4) is 0 Å². The molecule has 0 bridgehead atoms. The first kappa shape index (κ1) is 77.2. The van der Waals surface area contributed by atoms with Crippen LogP contribution in [0.1, 0.15) is 303 Å². The minimum absolute atomic E-state index is 0.0310. The normalized spacial score (nSPS) is 18.0. The molecule has 12 nitrogen and oxygen atoms in total. The summed E-state index contributed by atoms with van der Waals surface area (Å²) in [6, 6.07) is 0. The Balaban J connectivity index is 2.66. The summed E-state index contributed by atoms with van der Waals surface area (Å²) in [6.45, 7) is 5.89. The van der Waals surface area contributed by atoms with E-state index in [4.69, 9.17) is 23.7 Å². The van der Waals surface area contributed by atoms with E-state index < -0.39 is 67.3 Å². The van der Waals surface area contributed by atoms with Crippen molar-refractivity contribution in [2.24, 2.45) is 0 Å². The Bertz CT molecular complexity index is 1720. The predicted octanol–water partition coefficient (Wildman–Crippen LogP) is 18.5. The molecule has 6 unspecified atom stereocenters. The Morgan fingerprint density at radius 2 is 0.759 bits per heavy atom. The molecule has 0 saturated carbocycles. The highest BCUT2D eigenvalue weighted by molar-refractivity contribution is 5.74. The molecule has 0 aromatic carbocycles. The summed E-state index contributed by atoms with van der Waals surface area (Å²) in [4.78, 5) is 51.4. The molecule has 1 aliphatic heterocycles. The topological polar surface area (TPSA) is 175 Å². The van der Waals surface area contributed by atoms with Crippen LogP contribution in [0.3, 0.4) is 0 Å². The van der Waals surface area contributed by atoms with E-state index in [1.54, 1.807) is 0 Å². The molecule has 12 heteroatoms. The van der Waals surface area contributed by atoms with E-state index in [1.165, 1.54) is 128 Å². The number of ether oxygens (including phenoxy) is 5. The fourth-order valence-corrected chi connectivity index (χ4v) is 10.1. The van der Waals surface area contributed by atoms with Gasteiger partial charge < -0.3 is 39.0 Å². The van der Waals surface area contributed by atoms with Gasteiger partial charge in [-0.15, -0.1) is 0 Å². The largest absolute Gasteiger partial charge is 0.479 e. The van der Waals surface area contributed by atoms with Gasteiger partial charge in [0, 0.05) is 19.3 Å². The number of esters is 3. The molecule has 1 rings (SSSR count). The number of unbranched alkanes of at least 4 members (excludes halogenated alkanes) is 32. The number of carboxylic acid groups (broad SMARTS) is 1. The minimum Gasteiger partial charge on any atom is -0.479 e. The first-order valence-corrected chi connectivity index (χ1v) is 33.9. The number of aliphatic hydroxyl groups is 2. The monoisotopic (exact) mass is 1170 g/mol. The van der Waals surface area contributed by atoms with Crippen molar-refractivity contribution in [3.63, 3.8) is 0 Å². The van der Waals surface area contributed by atoms with Crippen LogP contribution in [0, 0.1) is 0 Å². The quantitative estimate of drug-likeness (QED) is 0.0228. The van der Waals surface area contributed by atoms with Crippen LogP contribution in [-0.2, 0) is 42.9 Å². The van der Waals surface area contributed by atoms with Gasteiger partial charge in [-0.1, -0.05) is 267 Å². The van der Waals surface area contributed by atoms with Crippen molar-refractivity contribution >= 4 is 23.9 Å². The van der Waals surface area contributed by atoms with E-state index in [1.807, 2.05) is 0 Å². The van der Waals surface area contributed by atoms with Crippen LogP contribution in [0.15, 0.2) is 72.9 Å². The molecular weight excluding hydrogens is 1040 g/mol. The molecule has 0 amide bonds. The lowest BCUT2D eigenvalue weighted by molar-refractivity contribution is -0.301. The maximum Gasteiger partial charge on any atom is 0.335 e. The van der Waals surface area contributed by atoms with Crippen molar-refractivity contribution < 1.29 is 58.2 Å². The van der Waals surface area contributed by atoms with E-state index in [0.717, 1.165) is 116 Å². The lowest BCUT2D eigenvalue weighted by Crippen LogP contribution is -2.61. The van der Waals surface area contributed by atoms with Gasteiger partial charge in [-0.2, -0.15) is 0 Å². The van der Waals surface area contributed by atoms with Gasteiger partial charge in [0.25, 0.3) is 0 Å². The standard InChI is InChI=1S/C71H122O12/c1-4-7-10-13-16-19-22-25-28-31-32-35-36-39-42-45-48-51-54-57-63(72)79-60-62(81-64(73)58-55-52-49-46-43-40-37-33-29-26-23-20-17-14-11-8-5-2)61-80-71-69(67(76)66(75)68(83-71)70(77)78)82-65(74)59-56-53-50-47-44-41-38-34-30-27-24-21-18-15-12-9-6-3/h9,12,17-18,20-21,26-27,29-30,38,41,62,66-69,71,75-76H,4-8,10-11,13-16,19,22-25,28,31-37,39-40,42-61H2,1-3H3,(H,77,78)/b12-9-,20-17-,21-18-,29-26-,30-27-,41-38-. The van der Waals surface area contributed by atoms with Gasteiger partial charge >= 0.3 is 23.9 Å². The maximum absolute atomic E-state index is 13.2. The van der Waals surface area contributed by atoms with Gasteiger partial charge in [-0.25, -0.2) is 4.79 Å². The minimum atomic E-state index is -1.92. The third kappa shape index (κ3) is 48.0. The SMILES string of the molecule is CC/C=C\C/C=C\C/C=C\C/C=C\CCCCCCC(=O)OC1C(OCC(COC(=O)CCCCCCCCCCCCCCCCCCCCC)OC(=O)CCCCCCCCC/C=C\C/C=C\CCCCC)OC(C(=O)O)C(O)C1O. The molecule has 0 aliphatic carbocycles.